The summed E-state index contributed by atoms with van der Waals surface area (Å²) >= 11 is 1.60. The second-order valence-electron chi connectivity index (χ2n) is 3.51. The molecule has 92 valence electrons. The van der Waals surface area contributed by atoms with Crippen LogP contribution in [0.15, 0.2) is 40.0 Å². The molecule has 0 saturated heterocycles. The summed E-state index contributed by atoms with van der Waals surface area (Å²) in [5.41, 5.74) is -0.0676. The molecule has 2 aromatic rings. The number of H-pyrrole nitrogens is 1. The van der Waals surface area contributed by atoms with E-state index in [2.05, 4.69) is 9.97 Å². The average Bonchev–Trinajstić information content (AvgIpc) is 2.38. The van der Waals surface area contributed by atoms with Crippen molar-refractivity contribution < 1.29 is 9.90 Å². The molecule has 0 aliphatic carbocycles. The summed E-state index contributed by atoms with van der Waals surface area (Å²) in [5, 5.41) is 8.84. The second kappa shape index (κ2) is 5.05. The van der Waals surface area contributed by atoms with Crippen LogP contribution >= 0.6 is 11.8 Å². The highest BCUT2D eigenvalue weighted by Crippen LogP contribution is 2.19. The number of thioether (sulfide) groups is 1. The highest BCUT2D eigenvalue weighted by Gasteiger charge is 2.09. The number of aromatic amines is 1. The third kappa shape index (κ3) is 2.60. The minimum absolute atomic E-state index is 0.257. The highest BCUT2D eigenvalue weighted by atomic mass is 32.2. The number of aromatic nitrogens is 2. The fraction of sp³-hybridized carbons (Fsp3) is 0.0833. The van der Waals surface area contributed by atoms with E-state index in [1.165, 1.54) is 0 Å². The molecular formula is C12H10N2O3S. The van der Waals surface area contributed by atoms with E-state index in [9.17, 15) is 9.59 Å². The lowest BCUT2D eigenvalue weighted by atomic mass is 10.2. The summed E-state index contributed by atoms with van der Waals surface area (Å²) < 4.78 is 0. The number of benzene rings is 1. The molecular weight excluding hydrogens is 252 g/mol. The van der Waals surface area contributed by atoms with Gasteiger partial charge in [-0.15, -0.1) is 11.8 Å². The van der Waals surface area contributed by atoms with Crippen LogP contribution in [0.3, 0.4) is 0 Å². The number of hydrogen-bond donors (Lipinski definition) is 2. The Morgan fingerprint density at radius 3 is 2.56 bits per heavy atom. The van der Waals surface area contributed by atoms with Crippen molar-refractivity contribution in [3.8, 4) is 11.4 Å². The fourth-order valence-electron chi connectivity index (χ4n) is 1.45. The van der Waals surface area contributed by atoms with Crippen molar-refractivity contribution in [2.75, 3.05) is 6.26 Å². The monoisotopic (exact) mass is 262 g/mol. The van der Waals surface area contributed by atoms with Crippen LogP contribution < -0.4 is 5.56 Å². The number of rotatable bonds is 3. The summed E-state index contributed by atoms with van der Waals surface area (Å²) in [6.07, 6.45) is 1.96. The summed E-state index contributed by atoms with van der Waals surface area (Å²) in [5.74, 6) is -0.962. The Kier molecular flexibility index (Phi) is 3.47. The van der Waals surface area contributed by atoms with E-state index in [1.807, 2.05) is 18.4 Å². The third-order valence-corrected chi connectivity index (χ3v) is 3.07. The molecule has 2 N–H and O–H groups in total. The lowest BCUT2D eigenvalue weighted by Gasteiger charge is -2.03. The molecule has 0 bridgehead atoms. The molecule has 5 nitrogen and oxygen atoms in total. The van der Waals surface area contributed by atoms with Crippen molar-refractivity contribution in [2.45, 2.75) is 4.90 Å². The molecule has 1 aromatic heterocycles. The molecule has 18 heavy (non-hydrogen) atoms. The number of carboxylic acid groups (broad SMARTS) is 1. The zero-order valence-electron chi connectivity index (χ0n) is 9.51. The summed E-state index contributed by atoms with van der Waals surface area (Å²) in [7, 11) is 0. The molecule has 6 heteroatoms. The molecule has 0 aliphatic rings. The van der Waals surface area contributed by atoms with E-state index in [4.69, 9.17) is 5.11 Å². The van der Waals surface area contributed by atoms with Gasteiger partial charge in [-0.25, -0.2) is 9.78 Å². The number of carboxylic acids is 1. The van der Waals surface area contributed by atoms with Crippen molar-refractivity contribution in [2.24, 2.45) is 0 Å². The topological polar surface area (TPSA) is 83.0 Å². The predicted molar refractivity (Wildman–Crippen MR) is 69.0 cm³/mol. The van der Waals surface area contributed by atoms with E-state index in [0.29, 0.717) is 5.56 Å². The smallest absolute Gasteiger partial charge is 0.354 e. The van der Waals surface area contributed by atoms with Crippen LogP contribution in [0, 0.1) is 0 Å². The molecule has 0 aliphatic heterocycles. The SMILES string of the molecule is CSc1ccc(-c2nc(C(=O)O)cc(=O)[nH]2)cc1. The molecule has 1 heterocycles. The molecule has 0 saturated carbocycles. The standard InChI is InChI=1S/C12H10N2O3S/c1-18-8-4-2-7(3-5-8)11-13-9(12(16)17)6-10(15)14-11/h2-6H,1H3,(H,16,17)(H,13,14,15). The first-order chi connectivity index (χ1) is 8.60. The summed E-state index contributed by atoms with van der Waals surface area (Å²) in [6.45, 7) is 0. The first kappa shape index (κ1) is 12.4. The molecule has 2 rings (SSSR count). The van der Waals surface area contributed by atoms with Crippen molar-refractivity contribution in [3.63, 3.8) is 0 Å². The van der Waals surface area contributed by atoms with Gasteiger partial charge in [0, 0.05) is 16.5 Å². The van der Waals surface area contributed by atoms with E-state index in [-0.39, 0.29) is 11.5 Å². The van der Waals surface area contributed by atoms with Crippen LogP contribution in [0.4, 0.5) is 0 Å². The average molecular weight is 262 g/mol. The van der Waals surface area contributed by atoms with Crippen molar-refractivity contribution in [1.29, 1.82) is 0 Å². The number of nitrogens with one attached hydrogen (secondary N) is 1. The Morgan fingerprint density at radius 2 is 2.00 bits per heavy atom. The van der Waals surface area contributed by atoms with Crippen LogP contribution in [0.5, 0.6) is 0 Å². The van der Waals surface area contributed by atoms with Gasteiger partial charge >= 0.3 is 5.97 Å². The minimum Gasteiger partial charge on any atom is -0.477 e. The highest BCUT2D eigenvalue weighted by molar-refractivity contribution is 7.98. The van der Waals surface area contributed by atoms with Gasteiger partial charge in [0.25, 0.3) is 5.56 Å². The van der Waals surface area contributed by atoms with Gasteiger partial charge in [0.15, 0.2) is 5.69 Å². The van der Waals surface area contributed by atoms with Crippen LogP contribution in [0.25, 0.3) is 11.4 Å². The number of aromatic carboxylic acids is 1. The zero-order chi connectivity index (χ0) is 13.1. The molecule has 1 aromatic carbocycles. The Bertz CT molecular complexity index is 635. The fourth-order valence-corrected chi connectivity index (χ4v) is 1.86. The molecule has 0 spiro atoms. The van der Waals surface area contributed by atoms with Gasteiger partial charge in [-0.3, -0.25) is 4.79 Å². The Morgan fingerprint density at radius 1 is 1.33 bits per heavy atom. The van der Waals surface area contributed by atoms with Crippen molar-refractivity contribution >= 4 is 17.7 Å². The summed E-state index contributed by atoms with van der Waals surface area (Å²) in [4.78, 5) is 29.7. The van der Waals surface area contributed by atoms with E-state index in [0.717, 1.165) is 11.0 Å². The van der Waals surface area contributed by atoms with E-state index >= 15 is 0 Å². The molecule has 0 radical (unpaired) electrons. The normalized spacial score (nSPS) is 10.3. The minimum atomic E-state index is -1.22. The Balaban J connectivity index is 2.49. The Labute approximate surface area is 107 Å². The first-order valence-electron chi connectivity index (χ1n) is 5.09. The van der Waals surface area contributed by atoms with Crippen molar-refractivity contribution in [1.82, 2.24) is 9.97 Å². The molecule has 0 unspecified atom stereocenters. The van der Waals surface area contributed by atoms with Gasteiger partial charge in [-0.1, -0.05) is 12.1 Å². The molecule has 0 fully saturated rings. The maximum absolute atomic E-state index is 11.3. The largest absolute Gasteiger partial charge is 0.477 e. The quantitative estimate of drug-likeness (QED) is 0.825. The lowest BCUT2D eigenvalue weighted by molar-refractivity contribution is 0.0690. The third-order valence-electron chi connectivity index (χ3n) is 2.32. The maximum atomic E-state index is 11.3. The van der Waals surface area contributed by atoms with Gasteiger partial charge < -0.3 is 10.1 Å². The van der Waals surface area contributed by atoms with Gasteiger partial charge in [-0.05, 0) is 18.4 Å². The molecule has 0 atom stereocenters. The lowest BCUT2D eigenvalue weighted by Crippen LogP contribution is -2.13. The zero-order valence-corrected chi connectivity index (χ0v) is 10.3. The van der Waals surface area contributed by atoms with Crippen molar-refractivity contribution in [3.05, 3.63) is 46.4 Å². The second-order valence-corrected chi connectivity index (χ2v) is 4.39. The number of hydrogen-bond acceptors (Lipinski definition) is 4. The van der Waals surface area contributed by atoms with Crippen LogP contribution in [-0.2, 0) is 0 Å². The number of carbonyl (C=O) groups is 1. The molecule has 0 amide bonds. The van der Waals surface area contributed by atoms with Crippen LogP contribution in [0.2, 0.25) is 0 Å². The van der Waals surface area contributed by atoms with Crippen LogP contribution in [-0.4, -0.2) is 27.3 Å². The number of nitrogens with zero attached hydrogens (tertiary/aromatic N) is 1. The van der Waals surface area contributed by atoms with Gasteiger partial charge in [0.1, 0.15) is 5.82 Å². The summed E-state index contributed by atoms with van der Waals surface area (Å²) in [6, 6.07) is 8.30. The van der Waals surface area contributed by atoms with Gasteiger partial charge in [0.05, 0.1) is 0 Å². The Hall–Kier alpha value is -2.08. The van der Waals surface area contributed by atoms with Gasteiger partial charge in [0.2, 0.25) is 0 Å². The van der Waals surface area contributed by atoms with Crippen LogP contribution in [0.1, 0.15) is 10.5 Å². The predicted octanol–water partition coefficient (Wildman–Crippen LogP) is 1.86. The van der Waals surface area contributed by atoms with E-state index in [1.54, 1.807) is 23.9 Å². The first-order valence-corrected chi connectivity index (χ1v) is 6.31. The van der Waals surface area contributed by atoms with E-state index < -0.39 is 11.5 Å². The maximum Gasteiger partial charge on any atom is 0.354 e. The van der Waals surface area contributed by atoms with Gasteiger partial charge in [-0.2, -0.15) is 0 Å².